The van der Waals surface area contributed by atoms with Gasteiger partial charge in [-0.1, -0.05) is 107 Å². The molecule has 2 radical (unpaired) electrons. The third-order valence-corrected chi connectivity index (χ3v) is 11.6. The molecule has 10 heteroatoms. The van der Waals surface area contributed by atoms with E-state index in [-0.39, 0.29) is 43.5 Å². The predicted molar refractivity (Wildman–Crippen MR) is 164 cm³/mol. The number of thioether (sulfide) groups is 1. The zero-order chi connectivity index (χ0) is 31.4. The first-order valence-electron chi connectivity index (χ1n) is 12.6. The molecule has 42 heavy (non-hydrogen) atoms. The summed E-state index contributed by atoms with van der Waals surface area (Å²) in [4.78, 5) is 0. The van der Waals surface area contributed by atoms with Gasteiger partial charge in [-0.05, 0) is 43.2 Å². The van der Waals surface area contributed by atoms with Gasteiger partial charge in [-0.25, -0.2) is 0 Å². The molecule has 1 aliphatic heterocycles. The van der Waals surface area contributed by atoms with E-state index in [2.05, 4.69) is 145 Å². The van der Waals surface area contributed by atoms with E-state index in [1.54, 1.807) is 0 Å². The van der Waals surface area contributed by atoms with E-state index < -0.39 is 16.0 Å². The van der Waals surface area contributed by atoms with Crippen LogP contribution in [0.4, 0.5) is 0 Å². The van der Waals surface area contributed by atoms with Crippen molar-refractivity contribution in [3.63, 3.8) is 0 Å². The first-order chi connectivity index (χ1) is 19.1. The van der Waals surface area contributed by atoms with Crippen molar-refractivity contribution >= 4 is 38.4 Å². The first kappa shape index (κ1) is 47.8. The van der Waals surface area contributed by atoms with E-state index in [9.17, 15) is 0 Å². The van der Waals surface area contributed by atoms with Gasteiger partial charge in [0.1, 0.15) is 13.3 Å². The summed E-state index contributed by atoms with van der Waals surface area (Å²) in [7, 11) is -1.64. The third-order valence-electron chi connectivity index (χ3n) is 6.36. The fourth-order valence-electron chi connectivity index (χ4n) is 4.48. The number of fused-ring (bicyclic) bond motifs is 1. The minimum Gasteiger partial charge on any atom is 0 e. The molecule has 2 aliphatic rings. The first-order valence-corrected chi connectivity index (χ1v) is 18.4. The number of rotatable bonds is 3. The van der Waals surface area contributed by atoms with Crippen LogP contribution in [0, 0.1) is 50.4 Å². The molecule has 0 amide bonds. The second-order valence-corrected chi connectivity index (χ2v) is 19.8. The summed E-state index contributed by atoms with van der Waals surface area (Å²) in [6.07, 6.45) is 9.42. The molecular weight excluding hydrogens is 673 g/mol. The van der Waals surface area contributed by atoms with Crippen LogP contribution in [0.15, 0.2) is 60.7 Å². The van der Waals surface area contributed by atoms with Crippen molar-refractivity contribution < 1.29 is 56.9 Å². The summed E-state index contributed by atoms with van der Waals surface area (Å²) in [5.74, 6) is 1.47. The average Bonchev–Trinajstić information content (AvgIpc) is 2.98. The van der Waals surface area contributed by atoms with Gasteiger partial charge in [0.15, 0.2) is 0 Å². The molecule has 1 heterocycles. The van der Waals surface area contributed by atoms with Gasteiger partial charge in [0.05, 0.1) is 6.10 Å². The van der Waals surface area contributed by atoms with Crippen LogP contribution in [0.2, 0.25) is 19.6 Å². The van der Waals surface area contributed by atoms with Crippen LogP contribution in [0.25, 0.3) is 0 Å². The van der Waals surface area contributed by atoms with Crippen molar-refractivity contribution in [1.29, 1.82) is 0 Å². The molecule has 230 valence electrons. The van der Waals surface area contributed by atoms with Crippen molar-refractivity contribution in [3.8, 4) is 12.0 Å². The van der Waals surface area contributed by atoms with Crippen molar-refractivity contribution in [1.82, 2.24) is 0 Å². The molecule has 2 fully saturated rings. The monoisotopic (exact) mass is 712 g/mol. The van der Waals surface area contributed by atoms with Crippen LogP contribution in [-0.2, 0) is 56.9 Å². The Balaban J connectivity index is -0.000000390. The summed E-state index contributed by atoms with van der Waals surface area (Å²) in [5, 5.41) is 3.07. The van der Waals surface area contributed by atoms with E-state index in [0.717, 1.165) is 5.92 Å². The molecule has 0 N–H and O–H groups in total. The van der Waals surface area contributed by atoms with Crippen LogP contribution in [0.5, 0.6) is 0 Å². The van der Waals surface area contributed by atoms with Gasteiger partial charge in [0.25, 0.3) is 0 Å². The molecule has 4 atom stereocenters. The largest absolute Gasteiger partial charge is 0 e. The number of ether oxygens (including phenoxy) is 1. The van der Waals surface area contributed by atoms with Crippen LogP contribution < -0.4 is 10.6 Å². The number of hydrogen-bond acceptors (Lipinski definition) is 2. The second-order valence-electron chi connectivity index (χ2n) is 10.7. The molecule has 0 spiro atoms. The van der Waals surface area contributed by atoms with Crippen LogP contribution in [0.1, 0.15) is 40.0 Å². The molecule has 0 unspecified atom stereocenters. The SMILES string of the molecule is C#C[Si](C)(C)C.C[C@@H]1CC[C@@H]2[C@@H](C1)O[C@@H](P(c1ccccc1)c1ccccc1)SC2(C)C.[C-]#[O+].[C-]#[O+].[C-]#[O+].[C-]#[O+].[Co].[Co]. The molecule has 2 aromatic carbocycles. The minimum atomic E-state index is -1.10. The Labute approximate surface area is 280 Å². The Morgan fingerprint density at radius 3 is 1.57 bits per heavy atom. The van der Waals surface area contributed by atoms with Crippen molar-refractivity contribution in [2.45, 2.75) is 75.7 Å². The molecule has 0 aromatic heterocycles. The zero-order valence-corrected chi connectivity index (χ0v) is 29.6. The van der Waals surface area contributed by atoms with Gasteiger partial charge in [0.2, 0.25) is 0 Å². The van der Waals surface area contributed by atoms with Gasteiger partial charge in [-0.3, -0.25) is 0 Å². The van der Waals surface area contributed by atoms with Crippen molar-refractivity contribution in [2.24, 2.45) is 11.8 Å². The van der Waals surface area contributed by atoms with E-state index in [0.29, 0.717) is 12.0 Å². The van der Waals surface area contributed by atoms with Crippen LogP contribution in [0.3, 0.4) is 0 Å². The maximum atomic E-state index is 7.50. The zero-order valence-electron chi connectivity index (χ0n) is 24.8. The van der Waals surface area contributed by atoms with E-state index in [1.165, 1.54) is 29.9 Å². The number of terminal acetylenes is 1. The maximum absolute atomic E-state index is 7.50. The average molecular weight is 713 g/mol. The quantitative estimate of drug-likeness (QED) is 0.112. The van der Waals surface area contributed by atoms with Gasteiger partial charge in [0, 0.05) is 38.3 Å². The van der Waals surface area contributed by atoms with Gasteiger partial charge in [-0.15, -0.1) is 23.7 Å². The number of hydrogen-bond donors (Lipinski definition) is 0. The predicted octanol–water partition coefficient (Wildman–Crippen LogP) is 7.09. The van der Waals surface area contributed by atoms with E-state index in [4.69, 9.17) is 29.8 Å². The Hall–Kier alpha value is -1.07. The summed E-state index contributed by atoms with van der Waals surface area (Å²) >= 11 is 2.08. The normalized spacial score (nSPS) is 20.7. The van der Waals surface area contributed by atoms with Crippen LogP contribution >= 0.6 is 19.7 Å². The smallest absolute Gasteiger partial charge is 0 e. The molecule has 1 saturated carbocycles. The molecule has 1 aliphatic carbocycles. The summed E-state index contributed by atoms with van der Waals surface area (Å²) in [5.41, 5.74) is 2.74. The van der Waals surface area contributed by atoms with E-state index >= 15 is 0 Å². The molecule has 2 aromatic rings. The Morgan fingerprint density at radius 1 is 0.833 bits per heavy atom. The van der Waals surface area contributed by atoms with Gasteiger partial charge in [-0.2, -0.15) is 0 Å². The summed E-state index contributed by atoms with van der Waals surface area (Å²) in [6.45, 7) is 31.7. The standard InChI is InChI=1S/C23H29OPS.C5H10Si.4CO.2Co/c1-17-14-15-20-21(16-17)24-22(26-23(20,2)3)25(18-10-6-4-7-11-18)19-12-8-5-9-13-19;1-5-6(2,3)4;4*1-2;;/h4-13,17,20-22H,14-16H2,1-3H3;1H,2-4H3;;;;;;/t17-,20-,21-,22+;;;;;;;/m1......./s1. The van der Waals surface area contributed by atoms with Crippen molar-refractivity contribution in [3.05, 3.63) is 87.3 Å². The molecular formula is C32H39Co2O5PSSi. The van der Waals surface area contributed by atoms with Crippen molar-refractivity contribution in [2.75, 3.05) is 0 Å². The molecule has 4 rings (SSSR count). The van der Waals surface area contributed by atoms with Crippen LogP contribution in [-0.4, -0.2) is 24.1 Å². The molecule has 1 saturated heterocycles. The fourth-order valence-corrected chi connectivity index (χ4v) is 9.66. The topological polar surface area (TPSA) is 88.8 Å². The Morgan fingerprint density at radius 2 is 1.21 bits per heavy atom. The Kier molecular flexibility index (Phi) is 30.0. The number of benzene rings is 2. The summed E-state index contributed by atoms with van der Waals surface area (Å²) in [6, 6.07) is 22.0. The second kappa shape index (κ2) is 26.3. The third kappa shape index (κ3) is 16.7. The Bertz CT molecular complexity index is 1020. The van der Waals surface area contributed by atoms with E-state index in [1.807, 2.05) is 0 Å². The van der Waals surface area contributed by atoms with Gasteiger partial charge >= 0.3 is 45.2 Å². The molecule has 5 nitrogen and oxygen atoms in total. The summed E-state index contributed by atoms with van der Waals surface area (Å²) < 4.78 is 37.1. The molecule has 0 bridgehead atoms. The maximum Gasteiger partial charge on any atom is 0 e. The van der Waals surface area contributed by atoms with Gasteiger partial charge < -0.3 is 4.74 Å². The minimum absolute atomic E-state index is 0. The fraction of sp³-hybridized carbons (Fsp3) is 0.438.